The molecular weight excluding hydrogens is 575 g/mol. The normalized spacial score (nSPS) is 28.9. The van der Waals surface area contributed by atoms with Crippen LogP contribution in [-0.2, 0) is 31.3 Å². The van der Waals surface area contributed by atoms with Crippen LogP contribution in [0, 0.1) is 50.4 Å². The van der Waals surface area contributed by atoms with Crippen LogP contribution in [0.25, 0.3) is 0 Å². The summed E-state index contributed by atoms with van der Waals surface area (Å²) in [6, 6.07) is 23.1. The molecule has 0 aromatic heterocycles. The summed E-state index contributed by atoms with van der Waals surface area (Å²) >= 11 is 0. The first kappa shape index (κ1) is 26.9. The van der Waals surface area contributed by atoms with Crippen molar-refractivity contribution < 1.29 is 25.8 Å². The van der Waals surface area contributed by atoms with E-state index in [4.69, 9.17) is 0 Å². The molecule has 0 spiro atoms. The quantitative estimate of drug-likeness (QED) is 0.240. The second-order valence-corrected chi connectivity index (χ2v) is 9.96. The molecule has 6 rings (SSSR count). The summed E-state index contributed by atoms with van der Waals surface area (Å²) in [6.07, 6.45) is 24.7. The van der Waals surface area contributed by atoms with Gasteiger partial charge in [0, 0.05) is 5.41 Å². The maximum atomic E-state index is 2.55. The topological polar surface area (TPSA) is 0 Å². The van der Waals surface area contributed by atoms with Crippen LogP contribution >= 0.6 is 0 Å². The average Bonchev–Trinajstić information content (AvgIpc) is 3.49. The molecule has 0 bridgehead atoms. The zero-order chi connectivity index (χ0) is 20.7. The Morgan fingerprint density at radius 2 is 0.912 bits per heavy atom. The van der Waals surface area contributed by atoms with Crippen molar-refractivity contribution in [1.29, 1.82) is 0 Å². The number of benzene rings is 2. The molecule has 2 aromatic carbocycles. The van der Waals surface area contributed by atoms with Gasteiger partial charge in [0.05, 0.1) is 0 Å². The van der Waals surface area contributed by atoms with Gasteiger partial charge in [-0.15, -0.1) is 0 Å². The number of allylic oxidation sites excluding steroid dienone is 8. The standard InChI is InChI=1S/C31H32.2CH3.Hf/c1-3-13-23(14-4-1)31(25-17-7-8-18-25,24-15-5-2-6-16-24)30-28-21-11-9-19-26(28)27-20-10-12-22-29(27)30;;;/h1-6,9-16,19-22,25-30H,7-8,17-18H2;2*1H3;/q;2*-1;+4. The molecule has 0 saturated heterocycles. The predicted molar refractivity (Wildman–Crippen MR) is 142 cm³/mol. The van der Waals surface area contributed by atoms with Gasteiger partial charge < -0.3 is 14.9 Å². The van der Waals surface area contributed by atoms with Gasteiger partial charge in [0.1, 0.15) is 0 Å². The van der Waals surface area contributed by atoms with Crippen LogP contribution in [0.1, 0.15) is 36.8 Å². The smallest absolute Gasteiger partial charge is 0.358 e. The Bertz CT molecular complexity index is 949. The summed E-state index contributed by atoms with van der Waals surface area (Å²) in [5.74, 6) is 3.63. The van der Waals surface area contributed by atoms with E-state index in [0.29, 0.717) is 35.5 Å². The monoisotopic (exact) mass is 614 g/mol. The molecular formula is C33H38Hf+2. The molecule has 0 nitrogen and oxygen atoms in total. The van der Waals surface area contributed by atoms with Crippen LogP contribution in [0.4, 0.5) is 0 Å². The molecule has 0 radical (unpaired) electrons. The van der Waals surface area contributed by atoms with Crippen LogP contribution in [0.2, 0.25) is 0 Å². The summed E-state index contributed by atoms with van der Waals surface area (Å²) in [5, 5.41) is 0. The fourth-order valence-corrected chi connectivity index (χ4v) is 7.74. The van der Waals surface area contributed by atoms with Crippen LogP contribution in [0.15, 0.2) is 109 Å². The van der Waals surface area contributed by atoms with E-state index >= 15 is 0 Å². The van der Waals surface area contributed by atoms with E-state index in [1.165, 1.54) is 36.8 Å². The van der Waals surface area contributed by atoms with Gasteiger partial charge >= 0.3 is 25.8 Å². The van der Waals surface area contributed by atoms with Gasteiger partial charge in [0.15, 0.2) is 0 Å². The molecule has 4 aliphatic carbocycles. The summed E-state index contributed by atoms with van der Waals surface area (Å²) in [4.78, 5) is 0. The molecule has 0 aliphatic heterocycles. The van der Waals surface area contributed by atoms with Gasteiger partial charge in [0.25, 0.3) is 0 Å². The van der Waals surface area contributed by atoms with E-state index < -0.39 is 0 Å². The maximum Gasteiger partial charge on any atom is 4.00 e. The van der Waals surface area contributed by atoms with Gasteiger partial charge in [-0.2, -0.15) is 0 Å². The Balaban J connectivity index is 0.00000108. The largest absolute Gasteiger partial charge is 4.00 e. The Morgan fingerprint density at radius 1 is 0.529 bits per heavy atom. The Morgan fingerprint density at radius 3 is 1.32 bits per heavy atom. The Hall–Kier alpha value is -1.73. The fraction of sp³-hybridized carbons (Fsp3) is 0.333. The van der Waals surface area contributed by atoms with Crippen LogP contribution < -0.4 is 0 Å². The third kappa shape index (κ3) is 4.13. The van der Waals surface area contributed by atoms with Gasteiger partial charge in [-0.25, -0.2) is 0 Å². The SMILES string of the molecule is C1=CC2C3C=CC=CC3C(C(c3ccccc3)(c3ccccc3)C3CCCC3)C2C=C1.[CH3-].[CH3-].[Hf+4]. The fourth-order valence-electron chi connectivity index (χ4n) is 7.74. The van der Waals surface area contributed by atoms with E-state index in [2.05, 4.69) is 109 Å². The van der Waals surface area contributed by atoms with Gasteiger partial charge in [-0.05, 0) is 59.5 Å². The number of rotatable bonds is 4. The van der Waals surface area contributed by atoms with Crippen molar-refractivity contribution in [2.45, 2.75) is 31.1 Å². The van der Waals surface area contributed by atoms with Crippen LogP contribution in [0.3, 0.4) is 0 Å². The Labute approximate surface area is 226 Å². The molecule has 0 N–H and O–H groups in total. The van der Waals surface area contributed by atoms with E-state index in [9.17, 15) is 0 Å². The molecule has 1 heteroatoms. The summed E-state index contributed by atoms with van der Waals surface area (Å²) in [6.45, 7) is 0. The van der Waals surface area contributed by atoms with E-state index in [0.717, 1.165) is 0 Å². The molecule has 34 heavy (non-hydrogen) atoms. The molecule has 2 saturated carbocycles. The zero-order valence-corrected chi connectivity index (χ0v) is 24.3. The molecule has 0 amide bonds. The Kier molecular flexibility index (Phi) is 8.96. The average molecular weight is 613 g/mol. The van der Waals surface area contributed by atoms with Crippen LogP contribution in [0.5, 0.6) is 0 Å². The zero-order valence-electron chi connectivity index (χ0n) is 20.7. The number of hydrogen-bond donors (Lipinski definition) is 0. The second-order valence-electron chi connectivity index (χ2n) is 9.96. The van der Waals surface area contributed by atoms with E-state index in [1.807, 2.05) is 0 Å². The third-order valence-corrected chi connectivity index (χ3v) is 8.75. The van der Waals surface area contributed by atoms with E-state index in [-0.39, 0.29) is 46.1 Å². The van der Waals surface area contributed by atoms with Crippen molar-refractivity contribution >= 4 is 0 Å². The van der Waals surface area contributed by atoms with Crippen molar-refractivity contribution in [1.82, 2.24) is 0 Å². The van der Waals surface area contributed by atoms with Crippen molar-refractivity contribution in [2.75, 3.05) is 0 Å². The molecule has 172 valence electrons. The second kappa shape index (κ2) is 11.3. The minimum absolute atomic E-state index is 0. The van der Waals surface area contributed by atoms with Crippen molar-refractivity contribution in [3.63, 3.8) is 0 Å². The maximum absolute atomic E-state index is 2.55. The van der Waals surface area contributed by atoms with Crippen LogP contribution in [-0.4, -0.2) is 0 Å². The summed E-state index contributed by atoms with van der Waals surface area (Å²) in [7, 11) is 0. The number of hydrogen-bond acceptors (Lipinski definition) is 0. The molecule has 4 atom stereocenters. The van der Waals surface area contributed by atoms with Gasteiger partial charge in [-0.3, -0.25) is 0 Å². The van der Waals surface area contributed by atoms with Gasteiger partial charge in [0.2, 0.25) is 0 Å². The summed E-state index contributed by atoms with van der Waals surface area (Å²) < 4.78 is 0. The van der Waals surface area contributed by atoms with Gasteiger partial charge in [-0.1, -0.05) is 122 Å². The predicted octanol–water partition coefficient (Wildman–Crippen LogP) is 8.41. The molecule has 4 unspecified atom stereocenters. The number of fused-ring (bicyclic) bond motifs is 3. The molecule has 2 fully saturated rings. The minimum atomic E-state index is 0. The molecule has 2 aromatic rings. The first-order chi connectivity index (χ1) is 15.4. The van der Waals surface area contributed by atoms with Crippen molar-refractivity contribution in [3.05, 3.63) is 135 Å². The molecule has 4 aliphatic rings. The van der Waals surface area contributed by atoms with E-state index in [1.54, 1.807) is 0 Å². The molecule has 0 heterocycles. The third-order valence-electron chi connectivity index (χ3n) is 8.75. The first-order valence-electron chi connectivity index (χ1n) is 12.2. The minimum Gasteiger partial charge on any atom is -0.358 e. The first-order valence-corrected chi connectivity index (χ1v) is 12.2. The van der Waals surface area contributed by atoms with Crippen molar-refractivity contribution in [2.24, 2.45) is 35.5 Å². The van der Waals surface area contributed by atoms with Crippen molar-refractivity contribution in [3.8, 4) is 0 Å². The summed E-state index contributed by atoms with van der Waals surface area (Å²) in [5.41, 5.74) is 3.11.